The van der Waals surface area contributed by atoms with Crippen molar-refractivity contribution < 1.29 is 9.21 Å². The predicted octanol–water partition coefficient (Wildman–Crippen LogP) is 3.48. The number of carbonyl (C=O) groups is 1. The minimum Gasteiger partial charge on any atom is -0.463 e. The van der Waals surface area contributed by atoms with E-state index in [9.17, 15) is 4.79 Å². The molecule has 0 saturated carbocycles. The molecule has 0 aliphatic rings. The molecule has 0 saturated heterocycles. The van der Waals surface area contributed by atoms with Crippen molar-refractivity contribution in [1.29, 1.82) is 0 Å². The van der Waals surface area contributed by atoms with E-state index < -0.39 is 0 Å². The third kappa shape index (κ3) is 1.59. The van der Waals surface area contributed by atoms with E-state index in [2.05, 4.69) is 20.9 Å². The maximum absolute atomic E-state index is 11.3. The Morgan fingerprint density at radius 3 is 3.00 bits per heavy atom. The molecule has 3 aromatic rings. The summed E-state index contributed by atoms with van der Waals surface area (Å²) >= 11 is 3.45. The molecule has 3 heterocycles. The highest BCUT2D eigenvalue weighted by molar-refractivity contribution is 9.10. The molecule has 0 bridgehead atoms. The predicted molar refractivity (Wildman–Crippen MR) is 70.7 cm³/mol. The highest BCUT2D eigenvalue weighted by Gasteiger charge is 2.16. The Morgan fingerprint density at radius 1 is 1.50 bits per heavy atom. The van der Waals surface area contributed by atoms with Crippen LogP contribution in [0.4, 0.5) is 0 Å². The molecule has 0 fully saturated rings. The van der Waals surface area contributed by atoms with E-state index in [1.807, 2.05) is 19.2 Å². The van der Waals surface area contributed by atoms with Crippen LogP contribution in [-0.2, 0) is 0 Å². The lowest BCUT2D eigenvalue weighted by Gasteiger charge is -2.00. The average Bonchev–Trinajstić information content (AvgIpc) is 2.96. The number of imidazole rings is 1. The third-order valence-electron chi connectivity index (χ3n) is 2.81. The van der Waals surface area contributed by atoms with E-state index in [1.54, 1.807) is 22.8 Å². The minimum absolute atomic E-state index is 0.487. The SMILES string of the molecule is Cc1cc2nc(-c3ccco3)c(C=O)n2cc1Br. The summed E-state index contributed by atoms with van der Waals surface area (Å²) in [5.74, 6) is 0.592. The Bertz CT molecular complexity index is 729. The van der Waals surface area contributed by atoms with Crippen molar-refractivity contribution >= 4 is 27.9 Å². The maximum atomic E-state index is 11.3. The van der Waals surface area contributed by atoms with Gasteiger partial charge in [-0.25, -0.2) is 4.98 Å². The molecule has 0 radical (unpaired) electrons. The van der Waals surface area contributed by atoms with Gasteiger partial charge in [-0.3, -0.25) is 9.20 Å². The molecule has 3 aromatic heterocycles. The zero-order valence-corrected chi connectivity index (χ0v) is 11.1. The van der Waals surface area contributed by atoms with Crippen molar-refractivity contribution in [2.24, 2.45) is 0 Å². The molecule has 0 aliphatic carbocycles. The zero-order chi connectivity index (χ0) is 12.7. The number of aryl methyl sites for hydroxylation is 1. The zero-order valence-electron chi connectivity index (χ0n) is 9.55. The van der Waals surface area contributed by atoms with Gasteiger partial charge in [-0.1, -0.05) is 0 Å². The number of nitrogens with zero attached hydrogens (tertiary/aromatic N) is 2. The summed E-state index contributed by atoms with van der Waals surface area (Å²) < 4.78 is 7.99. The monoisotopic (exact) mass is 304 g/mol. The topological polar surface area (TPSA) is 47.5 Å². The van der Waals surface area contributed by atoms with Gasteiger partial charge in [-0.05, 0) is 46.6 Å². The summed E-state index contributed by atoms with van der Waals surface area (Å²) in [6.45, 7) is 1.98. The van der Waals surface area contributed by atoms with Crippen LogP contribution in [0.5, 0.6) is 0 Å². The van der Waals surface area contributed by atoms with Crippen molar-refractivity contribution in [3.05, 3.63) is 46.4 Å². The van der Waals surface area contributed by atoms with Crippen LogP contribution >= 0.6 is 15.9 Å². The van der Waals surface area contributed by atoms with Crippen LogP contribution in [0, 0.1) is 6.92 Å². The number of pyridine rings is 1. The summed E-state index contributed by atoms with van der Waals surface area (Å²) in [5.41, 5.74) is 2.84. The van der Waals surface area contributed by atoms with Crippen molar-refractivity contribution in [2.75, 3.05) is 0 Å². The quantitative estimate of drug-likeness (QED) is 0.681. The minimum atomic E-state index is 0.487. The molecule has 0 atom stereocenters. The number of carbonyl (C=O) groups excluding carboxylic acids is 1. The van der Waals surface area contributed by atoms with Crippen molar-refractivity contribution in [3.8, 4) is 11.5 Å². The number of hydrogen-bond donors (Lipinski definition) is 0. The van der Waals surface area contributed by atoms with Crippen LogP contribution in [0.15, 0.2) is 39.5 Å². The van der Waals surface area contributed by atoms with Gasteiger partial charge in [0.1, 0.15) is 17.0 Å². The fourth-order valence-corrected chi connectivity index (χ4v) is 2.20. The average molecular weight is 305 g/mol. The second-order valence-corrected chi connectivity index (χ2v) is 4.83. The largest absolute Gasteiger partial charge is 0.463 e. The second-order valence-electron chi connectivity index (χ2n) is 3.97. The van der Waals surface area contributed by atoms with E-state index in [0.29, 0.717) is 17.1 Å². The second kappa shape index (κ2) is 4.10. The van der Waals surface area contributed by atoms with Crippen LogP contribution in [0.3, 0.4) is 0 Å². The van der Waals surface area contributed by atoms with E-state index in [0.717, 1.165) is 22.0 Å². The maximum Gasteiger partial charge on any atom is 0.169 e. The van der Waals surface area contributed by atoms with Gasteiger partial charge in [-0.2, -0.15) is 0 Å². The molecule has 0 spiro atoms. The van der Waals surface area contributed by atoms with E-state index >= 15 is 0 Å². The first-order chi connectivity index (χ1) is 8.70. The molecule has 0 unspecified atom stereocenters. The third-order valence-corrected chi connectivity index (χ3v) is 3.64. The van der Waals surface area contributed by atoms with Gasteiger partial charge < -0.3 is 4.42 Å². The summed E-state index contributed by atoms with van der Waals surface area (Å²) in [6.07, 6.45) is 4.20. The Labute approximate surface area is 111 Å². The van der Waals surface area contributed by atoms with Gasteiger partial charge in [-0.15, -0.1) is 0 Å². The molecule has 4 nitrogen and oxygen atoms in total. The molecular weight excluding hydrogens is 296 g/mol. The van der Waals surface area contributed by atoms with Gasteiger partial charge in [0, 0.05) is 10.7 Å². The molecular formula is C13H9BrN2O2. The van der Waals surface area contributed by atoms with Crippen LogP contribution in [-0.4, -0.2) is 15.7 Å². The standard InChI is InChI=1S/C13H9BrN2O2/c1-8-5-12-15-13(11-3-2-4-18-11)10(7-17)16(12)6-9(8)14/h2-7H,1H3. The van der Waals surface area contributed by atoms with Crippen LogP contribution in [0.25, 0.3) is 17.1 Å². The number of hydrogen-bond acceptors (Lipinski definition) is 3. The lowest BCUT2D eigenvalue weighted by molar-refractivity contribution is 0.111. The molecule has 5 heteroatoms. The first-order valence-corrected chi connectivity index (χ1v) is 6.17. The fraction of sp³-hybridized carbons (Fsp3) is 0.0769. The number of fused-ring (bicyclic) bond motifs is 1. The Hall–Kier alpha value is -1.88. The molecule has 0 aromatic carbocycles. The van der Waals surface area contributed by atoms with Crippen LogP contribution in [0.2, 0.25) is 0 Å². The number of rotatable bonds is 2. The molecule has 3 rings (SSSR count). The molecule has 0 aliphatic heterocycles. The first-order valence-electron chi connectivity index (χ1n) is 5.38. The summed E-state index contributed by atoms with van der Waals surface area (Å²) in [5, 5.41) is 0. The molecule has 90 valence electrons. The summed E-state index contributed by atoms with van der Waals surface area (Å²) in [6, 6.07) is 5.48. The van der Waals surface area contributed by atoms with E-state index in [1.165, 1.54) is 0 Å². The number of aromatic nitrogens is 2. The Kier molecular flexibility index (Phi) is 2.56. The van der Waals surface area contributed by atoms with Gasteiger partial charge in [0.25, 0.3) is 0 Å². The first kappa shape index (κ1) is 11.2. The number of furan rings is 1. The highest BCUT2D eigenvalue weighted by Crippen LogP contribution is 2.26. The van der Waals surface area contributed by atoms with Gasteiger partial charge >= 0.3 is 0 Å². The number of halogens is 1. The van der Waals surface area contributed by atoms with Crippen molar-refractivity contribution in [2.45, 2.75) is 6.92 Å². The van der Waals surface area contributed by atoms with Crippen molar-refractivity contribution in [3.63, 3.8) is 0 Å². The Balaban J connectivity index is 2.37. The van der Waals surface area contributed by atoms with Gasteiger partial charge in [0.05, 0.1) is 6.26 Å². The van der Waals surface area contributed by atoms with E-state index in [4.69, 9.17) is 4.42 Å². The smallest absolute Gasteiger partial charge is 0.169 e. The number of aldehydes is 1. The lowest BCUT2D eigenvalue weighted by Crippen LogP contribution is -1.93. The van der Waals surface area contributed by atoms with Gasteiger partial charge in [0.2, 0.25) is 0 Å². The Morgan fingerprint density at radius 2 is 2.33 bits per heavy atom. The summed E-state index contributed by atoms with van der Waals surface area (Å²) in [7, 11) is 0. The fourth-order valence-electron chi connectivity index (χ4n) is 1.89. The van der Waals surface area contributed by atoms with Crippen LogP contribution < -0.4 is 0 Å². The molecule has 0 amide bonds. The van der Waals surface area contributed by atoms with Gasteiger partial charge in [0.15, 0.2) is 12.0 Å². The van der Waals surface area contributed by atoms with Crippen LogP contribution in [0.1, 0.15) is 16.1 Å². The van der Waals surface area contributed by atoms with Crippen molar-refractivity contribution in [1.82, 2.24) is 9.38 Å². The highest BCUT2D eigenvalue weighted by atomic mass is 79.9. The van der Waals surface area contributed by atoms with E-state index in [-0.39, 0.29) is 0 Å². The lowest BCUT2D eigenvalue weighted by atomic mass is 10.3. The summed E-state index contributed by atoms with van der Waals surface area (Å²) in [4.78, 5) is 15.7. The normalized spacial score (nSPS) is 11.0. The molecule has 0 N–H and O–H groups in total. The molecule has 18 heavy (non-hydrogen) atoms.